The van der Waals surface area contributed by atoms with Gasteiger partial charge in [0, 0.05) is 27.4 Å². The van der Waals surface area contributed by atoms with E-state index in [2.05, 4.69) is 111 Å². The highest BCUT2D eigenvalue weighted by atomic mass is 31.2. The predicted molar refractivity (Wildman–Crippen MR) is 133 cm³/mol. The number of rotatable bonds is 8. The predicted octanol–water partition coefficient (Wildman–Crippen LogP) is 5.76. The maximum atomic E-state index is 3.24. The Morgan fingerprint density at radius 2 is 0.929 bits per heavy atom. The normalized spacial score (nSPS) is 11.1. The summed E-state index contributed by atoms with van der Waals surface area (Å²) in [5.41, 5.74) is 0. The first-order valence-electron chi connectivity index (χ1n) is 10.1. The van der Waals surface area contributed by atoms with Gasteiger partial charge < -0.3 is 0 Å². The highest BCUT2D eigenvalue weighted by molar-refractivity contribution is 7.81. The minimum atomic E-state index is -1.01. The lowest BCUT2D eigenvalue weighted by Crippen LogP contribution is -2.11. The molecule has 0 radical (unpaired) electrons. The first-order chi connectivity index (χ1) is 13.4. The van der Waals surface area contributed by atoms with E-state index in [1.807, 2.05) is 0 Å². The molecule has 0 aromatic heterocycles. The highest BCUT2D eigenvalue weighted by Gasteiger charge is 2.27. The molecule has 2 heteroatoms. The van der Waals surface area contributed by atoms with Crippen LogP contribution in [0.4, 0.5) is 0 Å². The van der Waals surface area contributed by atoms with Gasteiger partial charge in [0.25, 0.3) is 0 Å². The van der Waals surface area contributed by atoms with E-state index in [1.165, 1.54) is 35.8 Å². The molecule has 0 spiro atoms. The molecule has 0 saturated heterocycles. The first-order valence-corrected chi connectivity index (χ1v) is 15.9. The van der Waals surface area contributed by atoms with Crippen molar-refractivity contribution in [1.29, 1.82) is 0 Å². The zero-order chi connectivity index (χ0) is 20.3. The lowest BCUT2D eigenvalue weighted by molar-refractivity contribution is 0.986. The van der Waals surface area contributed by atoms with Crippen LogP contribution in [0.5, 0.6) is 0 Å². The minimum Gasteiger partial charge on any atom is -0.0890 e. The van der Waals surface area contributed by atoms with Crippen molar-refractivity contribution in [2.75, 3.05) is 39.0 Å². The monoisotopic (exact) mass is 408 g/mol. The smallest absolute Gasteiger partial charge is 0.0890 e. The fourth-order valence-electron chi connectivity index (χ4n) is 3.26. The van der Waals surface area contributed by atoms with Crippen LogP contribution >= 0.6 is 14.5 Å². The van der Waals surface area contributed by atoms with Gasteiger partial charge in [0.15, 0.2) is 0 Å². The highest BCUT2D eigenvalue weighted by Crippen LogP contribution is 2.50. The summed E-state index contributed by atoms with van der Waals surface area (Å²) in [7, 11) is -2.01. The average Bonchev–Trinajstić information content (AvgIpc) is 2.70. The summed E-state index contributed by atoms with van der Waals surface area (Å²) in [5.74, 6) is 12.6. The van der Waals surface area contributed by atoms with Gasteiger partial charge in [0.05, 0.1) is 49.6 Å². The molecule has 0 bridgehead atoms. The second-order valence-electron chi connectivity index (χ2n) is 8.30. The molecule has 2 aromatic carbocycles. The third kappa shape index (κ3) is 7.81. The van der Waals surface area contributed by atoms with Crippen LogP contribution in [0.15, 0.2) is 60.7 Å². The van der Waals surface area contributed by atoms with Crippen molar-refractivity contribution < 1.29 is 0 Å². The molecule has 0 nitrogen and oxygen atoms in total. The Bertz CT molecular complexity index is 754. The quantitative estimate of drug-likeness (QED) is 0.296. The van der Waals surface area contributed by atoms with Gasteiger partial charge in [-0.2, -0.15) is 0 Å². The molecule has 0 fully saturated rings. The van der Waals surface area contributed by atoms with Crippen LogP contribution in [0.3, 0.4) is 0 Å². The maximum Gasteiger partial charge on any atom is 0.0933 e. The summed E-state index contributed by atoms with van der Waals surface area (Å²) in [6.07, 6.45) is 6.77. The van der Waals surface area contributed by atoms with E-state index < -0.39 is 14.5 Å². The van der Waals surface area contributed by atoms with Gasteiger partial charge in [-0.05, 0) is 48.9 Å². The SMILES string of the molecule is C[P+](C)(CCCC#CC#CCCC[P+](C)(C)c1ccccc1)c1ccccc1. The Labute approximate surface area is 174 Å². The van der Waals surface area contributed by atoms with E-state index in [-0.39, 0.29) is 0 Å². The van der Waals surface area contributed by atoms with Crippen molar-refractivity contribution in [2.45, 2.75) is 25.7 Å². The Hall–Kier alpha value is -1.58. The van der Waals surface area contributed by atoms with E-state index in [0.717, 1.165) is 12.8 Å². The molecule has 0 N–H and O–H groups in total. The molecule has 0 saturated carbocycles. The molecule has 2 rings (SSSR count). The summed E-state index contributed by atoms with van der Waals surface area (Å²) in [4.78, 5) is 0. The van der Waals surface area contributed by atoms with E-state index in [1.54, 1.807) is 0 Å². The summed E-state index contributed by atoms with van der Waals surface area (Å²) >= 11 is 0. The van der Waals surface area contributed by atoms with Gasteiger partial charge in [-0.3, -0.25) is 0 Å². The van der Waals surface area contributed by atoms with E-state index in [4.69, 9.17) is 0 Å². The van der Waals surface area contributed by atoms with Crippen LogP contribution in [-0.4, -0.2) is 39.0 Å². The first kappa shape index (κ1) is 22.7. The van der Waals surface area contributed by atoms with E-state index in [9.17, 15) is 0 Å². The third-order valence-electron chi connectivity index (χ3n) is 5.19. The fraction of sp³-hybridized carbons (Fsp3) is 0.385. The molecule has 0 heterocycles. The Morgan fingerprint density at radius 3 is 1.29 bits per heavy atom. The molecular weight excluding hydrogens is 374 g/mol. The van der Waals surface area contributed by atoms with Crippen LogP contribution < -0.4 is 10.6 Å². The maximum absolute atomic E-state index is 3.24. The van der Waals surface area contributed by atoms with Gasteiger partial charge in [-0.1, -0.05) is 48.2 Å². The second-order valence-corrected chi connectivity index (χ2v) is 17.0. The number of benzene rings is 2. The van der Waals surface area contributed by atoms with Crippen molar-refractivity contribution >= 4 is 25.1 Å². The second kappa shape index (κ2) is 11.4. The zero-order valence-corrected chi connectivity index (χ0v) is 19.7. The van der Waals surface area contributed by atoms with Crippen molar-refractivity contribution in [3.05, 3.63) is 60.7 Å². The molecule has 0 atom stereocenters. The summed E-state index contributed by atoms with van der Waals surface area (Å²) in [6, 6.07) is 21.9. The largest absolute Gasteiger partial charge is 0.0933 e. The van der Waals surface area contributed by atoms with Crippen LogP contribution in [-0.2, 0) is 0 Å². The standard InChI is InChI=1S/C26H34P2/c1-27(2,25-19-13-11-14-20-25)23-17-9-7-5-6-8-10-18-24-28(3,4)26-21-15-12-16-22-26/h11-16,19-22H,9-10,17-18,23-24H2,1-4H3/q+2. The topological polar surface area (TPSA) is 0 Å². The van der Waals surface area contributed by atoms with Gasteiger partial charge in [-0.25, -0.2) is 0 Å². The van der Waals surface area contributed by atoms with E-state index >= 15 is 0 Å². The molecule has 0 aliphatic rings. The summed E-state index contributed by atoms with van der Waals surface area (Å²) in [6.45, 7) is 9.70. The molecule has 28 heavy (non-hydrogen) atoms. The lowest BCUT2D eigenvalue weighted by Gasteiger charge is -2.17. The molecular formula is C26H34P2+2. The fourth-order valence-corrected chi connectivity index (χ4v) is 7.63. The van der Waals surface area contributed by atoms with Crippen LogP contribution in [0.25, 0.3) is 0 Å². The lowest BCUT2D eigenvalue weighted by atomic mass is 10.3. The van der Waals surface area contributed by atoms with Gasteiger partial charge in [0.2, 0.25) is 0 Å². The van der Waals surface area contributed by atoms with Crippen LogP contribution in [0, 0.1) is 23.7 Å². The van der Waals surface area contributed by atoms with Crippen molar-refractivity contribution in [2.24, 2.45) is 0 Å². The minimum absolute atomic E-state index is 0.956. The van der Waals surface area contributed by atoms with Crippen LogP contribution in [0.1, 0.15) is 25.7 Å². The van der Waals surface area contributed by atoms with Crippen LogP contribution in [0.2, 0.25) is 0 Å². The van der Waals surface area contributed by atoms with E-state index in [0.29, 0.717) is 0 Å². The van der Waals surface area contributed by atoms with Gasteiger partial charge in [-0.15, -0.1) is 0 Å². The number of hydrogen-bond donors (Lipinski definition) is 0. The molecule has 0 aliphatic carbocycles. The van der Waals surface area contributed by atoms with Crippen molar-refractivity contribution in [1.82, 2.24) is 0 Å². The molecule has 146 valence electrons. The number of hydrogen-bond acceptors (Lipinski definition) is 0. The summed E-state index contributed by atoms with van der Waals surface area (Å²) < 4.78 is 0. The van der Waals surface area contributed by atoms with Gasteiger partial charge >= 0.3 is 0 Å². The zero-order valence-electron chi connectivity index (χ0n) is 17.9. The molecule has 0 amide bonds. The Morgan fingerprint density at radius 1 is 0.571 bits per heavy atom. The molecule has 2 aromatic rings. The number of unbranched alkanes of at least 4 members (excludes halogenated alkanes) is 2. The van der Waals surface area contributed by atoms with Crippen molar-refractivity contribution in [3.8, 4) is 23.7 Å². The van der Waals surface area contributed by atoms with Gasteiger partial charge in [0.1, 0.15) is 0 Å². The van der Waals surface area contributed by atoms with Crippen molar-refractivity contribution in [3.63, 3.8) is 0 Å². The molecule has 0 aliphatic heterocycles. The molecule has 0 unspecified atom stereocenters. The Kier molecular flexibility index (Phi) is 9.27. The Balaban J connectivity index is 1.65. The summed E-state index contributed by atoms with van der Waals surface area (Å²) in [5, 5.41) is 3.04. The third-order valence-corrected chi connectivity index (χ3v) is 11.4. The average molecular weight is 409 g/mol.